The number of likely N-dealkylation sites (N-methyl/N-ethyl adjacent to an activating group) is 1. The Morgan fingerprint density at radius 3 is 2.62 bits per heavy atom. The van der Waals surface area contributed by atoms with Gasteiger partial charge in [-0.25, -0.2) is 4.79 Å². The van der Waals surface area contributed by atoms with Gasteiger partial charge in [-0.1, -0.05) is 35.5 Å². The highest BCUT2D eigenvalue weighted by atomic mass is 16.5. The summed E-state index contributed by atoms with van der Waals surface area (Å²) in [6, 6.07) is 8.79. The van der Waals surface area contributed by atoms with E-state index in [1.54, 1.807) is 31.3 Å². The minimum Gasteiger partial charge on any atom is -0.477 e. The molecule has 2 aromatic rings. The van der Waals surface area contributed by atoms with Crippen LogP contribution in [-0.4, -0.2) is 52.7 Å². The van der Waals surface area contributed by atoms with Gasteiger partial charge in [-0.3, -0.25) is 0 Å². The zero-order chi connectivity index (χ0) is 15.4. The highest BCUT2D eigenvalue weighted by molar-refractivity contribution is 5.99. The fourth-order valence-electron chi connectivity index (χ4n) is 1.98. The predicted molar refractivity (Wildman–Crippen MR) is 75.3 cm³/mol. The third kappa shape index (κ3) is 3.21. The monoisotopic (exact) mass is 292 g/mol. The first-order valence-electron chi connectivity index (χ1n) is 6.33. The molecule has 1 aromatic heterocycles. The first-order chi connectivity index (χ1) is 10.0. The number of anilines is 1. The molecule has 0 amide bonds. The van der Waals surface area contributed by atoms with Gasteiger partial charge in [0.1, 0.15) is 0 Å². The van der Waals surface area contributed by atoms with Crippen LogP contribution in [0.1, 0.15) is 10.4 Å². The molecule has 7 nitrogen and oxygen atoms in total. The Morgan fingerprint density at radius 2 is 2.05 bits per heavy atom. The zero-order valence-electron chi connectivity index (χ0n) is 11.4. The van der Waals surface area contributed by atoms with Gasteiger partial charge >= 0.3 is 5.97 Å². The zero-order valence-corrected chi connectivity index (χ0v) is 11.4. The SMILES string of the molecule is CN(CC(O)CO)c1noc(-c2ccccc2)c1C(=O)O. The van der Waals surface area contributed by atoms with Gasteiger partial charge in [-0.2, -0.15) is 0 Å². The number of aliphatic hydroxyl groups excluding tert-OH is 2. The molecule has 2 rings (SSSR count). The molecule has 0 aliphatic carbocycles. The Balaban J connectivity index is 2.40. The lowest BCUT2D eigenvalue weighted by molar-refractivity contribution is 0.0697. The molecule has 0 aliphatic rings. The quantitative estimate of drug-likeness (QED) is 0.723. The van der Waals surface area contributed by atoms with E-state index in [0.717, 1.165) is 0 Å². The number of nitrogens with zero attached hydrogens (tertiary/aromatic N) is 2. The maximum Gasteiger partial charge on any atom is 0.343 e. The predicted octanol–water partition coefficient (Wildman–Crippen LogP) is 0.829. The maximum absolute atomic E-state index is 11.5. The van der Waals surface area contributed by atoms with E-state index in [4.69, 9.17) is 9.63 Å². The van der Waals surface area contributed by atoms with Gasteiger partial charge in [0.25, 0.3) is 0 Å². The molecule has 1 heterocycles. The second kappa shape index (κ2) is 6.38. The lowest BCUT2D eigenvalue weighted by Gasteiger charge is -2.19. The molecule has 3 N–H and O–H groups in total. The van der Waals surface area contributed by atoms with E-state index >= 15 is 0 Å². The summed E-state index contributed by atoms with van der Waals surface area (Å²) in [6.45, 7) is -0.381. The summed E-state index contributed by atoms with van der Waals surface area (Å²) in [5, 5.41) is 31.5. The average molecular weight is 292 g/mol. The normalized spacial score (nSPS) is 12.1. The summed E-state index contributed by atoms with van der Waals surface area (Å²) in [5.41, 5.74) is 0.526. The molecule has 0 saturated carbocycles. The van der Waals surface area contributed by atoms with E-state index in [0.29, 0.717) is 5.56 Å². The van der Waals surface area contributed by atoms with Crippen molar-refractivity contribution in [3.8, 4) is 11.3 Å². The Labute approximate surface area is 121 Å². The van der Waals surface area contributed by atoms with Gasteiger partial charge in [-0.05, 0) is 0 Å². The standard InChI is InChI=1S/C14H16N2O5/c1-16(7-10(18)8-17)13-11(14(19)20)12(21-15-13)9-5-3-2-4-6-9/h2-6,10,17-18H,7-8H2,1H3,(H,19,20). The number of carboxylic acid groups (broad SMARTS) is 1. The van der Waals surface area contributed by atoms with Gasteiger partial charge in [0.05, 0.1) is 12.7 Å². The van der Waals surface area contributed by atoms with Crippen LogP contribution >= 0.6 is 0 Å². The van der Waals surface area contributed by atoms with E-state index < -0.39 is 18.7 Å². The molecule has 0 spiro atoms. The van der Waals surface area contributed by atoms with Crippen LogP contribution in [0.5, 0.6) is 0 Å². The third-order valence-electron chi connectivity index (χ3n) is 2.98. The topological polar surface area (TPSA) is 107 Å². The lowest BCUT2D eigenvalue weighted by Crippen LogP contribution is -2.32. The summed E-state index contributed by atoms with van der Waals surface area (Å²) in [7, 11) is 1.57. The Bertz CT molecular complexity index is 611. The van der Waals surface area contributed by atoms with E-state index in [2.05, 4.69) is 5.16 Å². The Morgan fingerprint density at radius 1 is 1.38 bits per heavy atom. The molecule has 0 bridgehead atoms. The minimum absolute atomic E-state index is 0.0392. The number of hydrogen-bond donors (Lipinski definition) is 3. The second-order valence-electron chi connectivity index (χ2n) is 4.60. The number of benzene rings is 1. The van der Waals surface area contributed by atoms with E-state index in [1.165, 1.54) is 4.90 Å². The number of carboxylic acids is 1. The number of aromatic carboxylic acids is 1. The molecule has 1 atom stereocenters. The molecule has 1 unspecified atom stereocenters. The number of aromatic nitrogens is 1. The number of hydrogen-bond acceptors (Lipinski definition) is 6. The van der Waals surface area contributed by atoms with E-state index in [-0.39, 0.29) is 23.7 Å². The van der Waals surface area contributed by atoms with Crippen LogP contribution in [0.4, 0.5) is 5.82 Å². The van der Waals surface area contributed by atoms with Crippen LogP contribution in [0.15, 0.2) is 34.9 Å². The van der Waals surface area contributed by atoms with Crippen LogP contribution in [0.25, 0.3) is 11.3 Å². The maximum atomic E-state index is 11.5. The van der Waals surface area contributed by atoms with Crippen LogP contribution in [-0.2, 0) is 0 Å². The van der Waals surface area contributed by atoms with Gasteiger partial charge in [-0.15, -0.1) is 0 Å². The average Bonchev–Trinajstić information content (AvgIpc) is 2.93. The number of rotatable bonds is 6. The highest BCUT2D eigenvalue weighted by Crippen LogP contribution is 2.30. The van der Waals surface area contributed by atoms with Crippen molar-refractivity contribution in [1.29, 1.82) is 0 Å². The summed E-state index contributed by atoms with van der Waals surface area (Å²) in [5.74, 6) is -0.910. The smallest absolute Gasteiger partial charge is 0.343 e. The molecule has 0 radical (unpaired) electrons. The fourth-order valence-corrected chi connectivity index (χ4v) is 1.98. The minimum atomic E-state index is -1.17. The summed E-state index contributed by atoms with van der Waals surface area (Å²) in [6.07, 6.45) is -0.992. The van der Waals surface area contributed by atoms with Crippen molar-refractivity contribution in [1.82, 2.24) is 5.16 Å². The third-order valence-corrected chi connectivity index (χ3v) is 2.98. The Kier molecular flexibility index (Phi) is 4.56. The highest BCUT2D eigenvalue weighted by Gasteiger charge is 2.26. The molecular weight excluding hydrogens is 276 g/mol. The van der Waals surface area contributed by atoms with Crippen molar-refractivity contribution in [3.63, 3.8) is 0 Å². The number of aliphatic hydroxyl groups is 2. The van der Waals surface area contributed by atoms with Gasteiger partial charge < -0.3 is 24.7 Å². The molecule has 0 saturated heterocycles. The van der Waals surface area contributed by atoms with Gasteiger partial charge in [0.15, 0.2) is 17.1 Å². The van der Waals surface area contributed by atoms with Crippen molar-refractivity contribution in [3.05, 3.63) is 35.9 Å². The van der Waals surface area contributed by atoms with Crippen LogP contribution in [0.2, 0.25) is 0 Å². The first-order valence-corrected chi connectivity index (χ1v) is 6.33. The van der Waals surface area contributed by atoms with Crippen molar-refractivity contribution in [2.45, 2.75) is 6.10 Å². The molecule has 0 fully saturated rings. The molecule has 0 aliphatic heterocycles. The molecule has 1 aromatic carbocycles. The van der Waals surface area contributed by atoms with E-state index in [1.807, 2.05) is 6.07 Å². The largest absolute Gasteiger partial charge is 0.477 e. The molecule has 7 heteroatoms. The van der Waals surface area contributed by atoms with Crippen LogP contribution < -0.4 is 4.90 Å². The Hall–Kier alpha value is -2.38. The van der Waals surface area contributed by atoms with Gasteiger partial charge in [0, 0.05) is 19.2 Å². The molecule has 112 valence electrons. The van der Waals surface area contributed by atoms with Crippen molar-refractivity contribution in [2.75, 3.05) is 25.1 Å². The van der Waals surface area contributed by atoms with Gasteiger partial charge in [0.2, 0.25) is 0 Å². The molecular formula is C14H16N2O5. The fraction of sp³-hybridized carbons (Fsp3) is 0.286. The number of carbonyl (C=O) groups is 1. The van der Waals surface area contributed by atoms with Crippen LogP contribution in [0, 0.1) is 0 Å². The van der Waals surface area contributed by atoms with Crippen LogP contribution in [0.3, 0.4) is 0 Å². The summed E-state index contributed by atoms with van der Waals surface area (Å²) in [4.78, 5) is 12.9. The van der Waals surface area contributed by atoms with E-state index in [9.17, 15) is 15.0 Å². The lowest BCUT2D eigenvalue weighted by atomic mass is 10.1. The van der Waals surface area contributed by atoms with Crippen molar-refractivity contribution in [2.24, 2.45) is 0 Å². The van der Waals surface area contributed by atoms with Crippen molar-refractivity contribution >= 4 is 11.8 Å². The summed E-state index contributed by atoms with van der Waals surface area (Å²) >= 11 is 0. The molecule has 21 heavy (non-hydrogen) atoms. The second-order valence-corrected chi connectivity index (χ2v) is 4.60. The first kappa shape index (κ1) is 15.0. The van der Waals surface area contributed by atoms with Crippen molar-refractivity contribution < 1.29 is 24.6 Å². The summed E-state index contributed by atoms with van der Waals surface area (Å²) < 4.78 is 5.16.